The molecule has 4 nitrogen and oxygen atoms in total. The van der Waals surface area contributed by atoms with E-state index in [-0.39, 0.29) is 11.8 Å². The normalized spacial score (nSPS) is 14.2. The molecule has 3 rings (SSSR count). The van der Waals surface area contributed by atoms with Crippen LogP contribution in [0.3, 0.4) is 0 Å². The molecule has 0 aromatic heterocycles. The molecule has 0 spiro atoms. The molecule has 0 aliphatic carbocycles. The monoisotopic (exact) mass is 376 g/mol. The van der Waals surface area contributed by atoms with Crippen LogP contribution in [0.5, 0.6) is 0 Å². The Hall–Kier alpha value is -2.04. The number of carbonyl (C=O) groups is 2. The summed E-state index contributed by atoms with van der Waals surface area (Å²) in [5.74, 6) is -0.286. The van der Waals surface area contributed by atoms with Gasteiger partial charge in [0.05, 0.1) is 15.7 Å². The Morgan fingerprint density at radius 3 is 2.20 bits per heavy atom. The van der Waals surface area contributed by atoms with Crippen molar-refractivity contribution in [3.8, 4) is 0 Å². The Balaban J connectivity index is 1.70. The third-order valence-electron chi connectivity index (χ3n) is 4.24. The number of amides is 2. The van der Waals surface area contributed by atoms with Crippen LogP contribution in [0.25, 0.3) is 0 Å². The molecule has 1 saturated heterocycles. The summed E-state index contributed by atoms with van der Waals surface area (Å²) in [5, 5.41) is 3.41. The molecule has 2 aromatic rings. The second-order valence-electron chi connectivity index (χ2n) is 5.99. The topological polar surface area (TPSA) is 49.4 Å². The summed E-state index contributed by atoms with van der Waals surface area (Å²) in [7, 11) is 0. The molecule has 1 aliphatic rings. The summed E-state index contributed by atoms with van der Waals surface area (Å²) < 4.78 is 0. The average molecular weight is 377 g/mol. The van der Waals surface area contributed by atoms with Crippen LogP contribution in [0.15, 0.2) is 42.5 Å². The van der Waals surface area contributed by atoms with E-state index in [0.717, 1.165) is 25.9 Å². The van der Waals surface area contributed by atoms with Crippen LogP contribution >= 0.6 is 23.2 Å². The highest BCUT2D eigenvalue weighted by atomic mass is 35.5. The molecule has 0 bridgehead atoms. The smallest absolute Gasteiger partial charge is 0.255 e. The predicted octanol–water partition coefficient (Wildman–Crippen LogP) is 4.87. The number of likely N-dealkylation sites (tertiary alicyclic amines) is 1. The summed E-state index contributed by atoms with van der Waals surface area (Å²) in [4.78, 5) is 26.7. The number of hydrogen-bond acceptors (Lipinski definition) is 2. The fraction of sp³-hybridized carbons (Fsp3) is 0.263. The van der Waals surface area contributed by atoms with E-state index in [1.807, 2.05) is 4.90 Å². The maximum absolute atomic E-state index is 12.4. The first-order valence-corrected chi connectivity index (χ1v) is 8.96. The van der Waals surface area contributed by atoms with Crippen molar-refractivity contribution in [3.63, 3.8) is 0 Å². The van der Waals surface area contributed by atoms with E-state index in [4.69, 9.17) is 23.2 Å². The molecule has 2 amide bonds. The van der Waals surface area contributed by atoms with Crippen LogP contribution in [0.4, 0.5) is 5.69 Å². The summed E-state index contributed by atoms with van der Waals surface area (Å²) in [6.45, 7) is 1.60. The van der Waals surface area contributed by atoms with E-state index in [1.165, 1.54) is 6.42 Å². The quantitative estimate of drug-likeness (QED) is 0.830. The minimum absolute atomic E-state index is 0.0181. The minimum Gasteiger partial charge on any atom is -0.339 e. The average Bonchev–Trinajstić information content (AvgIpc) is 2.65. The van der Waals surface area contributed by atoms with Crippen molar-refractivity contribution in [3.05, 3.63) is 63.6 Å². The van der Waals surface area contributed by atoms with Crippen LogP contribution in [0, 0.1) is 0 Å². The number of benzene rings is 2. The lowest BCUT2D eigenvalue weighted by Gasteiger charge is -2.26. The largest absolute Gasteiger partial charge is 0.339 e. The van der Waals surface area contributed by atoms with E-state index in [1.54, 1.807) is 42.5 Å². The number of halogens is 2. The second kappa shape index (κ2) is 7.89. The lowest BCUT2D eigenvalue weighted by molar-refractivity contribution is 0.0724. The van der Waals surface area contributed by atoms with Crippen molar-refractivity contribution in [1.29, 1.82) is 0 Å². The molecule has 1 aliphatic heterocycles. The molecule has 1 N–H and O–H groups in total. The summed E-state index contributed by atoms with van der Waals surface area (Å²) in [5.41, 5.74) is 1.50. The Morgan fingerprint density at radius 1 is 0.880 bits per heavy atom. The van der Waals surface area contributed by atoms with Gasteiger partial charge in [-0.15, -0.1) is 0 Å². The number of carbonyl (C=O) groups excluding carboxylic acids is 2. The van der Waals surface area contributed by atoms with Crippen molar-refractivity contribution in [2.45, 2.75) is 19.3 Å². The zero-order chi connectivity index (χ0) is 17.8. The zero-order valence-corrected chi connectivity index (χ0v) is 15.1. The zero-order valence-electron chi connectivity index (χ0n) is 13.6. The molecule has 1 heterocycles. The molecular formula is C19H18Cl2N2O2. The van der Waals surface area contributed by atoms with Crippen LogP contribution < -0.4 is 5.32 Å². The SMILES string of the molecule is O=C(Nc1cccc(Cl)c1Cl)c1ccc(C(=O)N2CCCCC2)cc1. The van der Waals surface area contributed by atoms with Gasteiger partial charge in [-0.3, -0.25) is 9.59 Å². The van der Waals surface area contributed by atoms with Crippen molar-refractivity contribution in [2.75, 3.05) is 18.4 Å². The fourth-order valence-corrected chi connectivity index (χ4v) is 3.19. The maximum Gasteiger partial charge on any atom is 0.255 e. The van der Waals surface area contributed by atoms with Crippen molar-refractivity contribution >= 4 is 40.7 Å². The molecule has 0 atom stereocenters. The highest BCUT2D eigenvalue weighted by molar-refractivity contribution is 6.44. The van der Waals surface area contributed by atoms with Crippen LogP contribution in [0.2, 0.25) is 10.0 Å². The predicted molar refractivity (Wildman–Crippen MR) is 101 cm³/mol. The highest BCUT2D eigenvalue weighted by Gasteiger charge is 2.18. The van der Waals surface area contributed by atoms with E-state index < -0.39 is 0 Å². The molecule has 0 radical (unpaired) electrons. The first kappa shape index (κ1) is 17.8. The van der Waals surface area contributed by atoms with Gasteiger partial charge in [0.1, 0.15) is 0 Å². The number of rotatable bonds is 3. The number of nitrogens with one attached hydrogen (secondary N) is 1. The number of nitrogens with zero attached hydrogens (tertiary/aromatic N) is 1. The van der Waals surface area contributed by atoms with Crippen molar-refractivity contribution in [1.82, 2.24) is 4.90 Å². The Morgan fingerprint density at radius 2 is 1.52 bits per heavy atom. The van der Waals surface area contributed by atoms with Gasteiger partial charge < -0.3 is 10.2 Å². The minimum atomic E-state index is -0.305. The van der Waals surface area contributed by atoms with Gasteiger partial charge in [0.2, 0.25) is 0 Å². The van der Waals surface area contributed by atoms with Gasteiger partial charge in [-0.2, -0.15) is 0 Å². The van der Waals surface area contributed by atoms with Crippen LogP contribution in [0.1, 0.15) is 40.0 Å². The first-order chi connectivity index (χ1) is 12.1. The van der Waals surface area contributed by atoms with Gasteiger partial charge in [-0.05, 0) is 55.7 Å². The lowest BCUT2D eigenvalue weighted by atomic mass is 10.1. The molecule has 1 fully saturated rings. The molecule has 130 valence electrons. The maximum atomic E-state index is 12.4. The van der Waals surface area contributed by atoms with Gasteiger partial charge in [-0.25, -0.2) is 0 Å². The Kier molecular flexibility index (Phi) is 5.61. The van der Waals surface area contributed by atoms with Crippen molar-refractivity contribution < 1.29 is 9.59 Å². The summed E-state index contributed by atoms with van der Waals surface area (Å²) in [6, 6.07) is 11.7. The molecule has 0 saturated carbocycles. The fourth-order valence-electron chi connectivity index (χ4n) is 2.84. The van der Waals surface area contributed by atoms with E-state index in [0.29, 0.717) is 26.9 Å². The van der Waals surface area contributed by atoms with Crippen LogP contribution in [-0.4, -0.2) is 29.8 Å². The molecular weight excluding hydrogens is 359 g/mol. The van der Waals surface area contributed by atoms with Gasteiger partial charge in [0, 0.05) is 24.2 Å². The van der Waals surface area contributed by atoms with Gasteiger partial charge in [0.25, 0.3) is 11.8 Å². The van der Waals surface area contributed by atoms with E-state index in [2.05, 4.69) is 5.32 Å². The standard InChI is InChI=1S/C19H18Cl2N2O2/c20-15-5-4-6-16(17(15)21)22-18(24)13-7-9-14(10-8-13)19(25)23-11-2-1-3-12-23/h4-10H,1-3,11-12H2,(H,22,24). The number of piperidine rings is 1. The third kappa shape index (κ3) is 4.14. The summed E-state index contributed by atoms with van der Waals surface area (Å²) in [6.07, 6.45) is 3.27. The third-order valence-corrected chi connectivity index (χ3v) is 5.06. The lowest BCUT2D eigenvalue weighted by Crippen LogP contribution is -2.35. The summed E-state index contributed by atoms with van der Waals surface area (Å²) >= 11 is 12.0. The van der Waals surface area contributed by atoms with E-state index in [9.17, 15) is 9.59 Å². The number of anilines is 1. The van der Waals surface area contributed by atoms with Crippen molar-refractivity contribution in [2.24, 2.45) is 0 Å². The first-order valence-electron chi connectivity index (χ1n) is 8.21. The molecule has 2 aromatic carbocycles. The highest BCUT2D eigenvalue weighted by Crippen LogP contribution is 2.29. The van der Waals surface area contributed by atoms with Crippen LogP contribution in [-0.2, 0) is 0 Å². The molecule has 6 heteroatoms. The Bertz CT molecular complexity index is 785. The van der Waals surface area contributed by atoms with E-state index >= 15 is 0 Å². The molecule has 25 heavy (non-hydrogen) atoms. The van der Waals surface area contributed by atoms with Gasteiger partial charge in [0.15, 0.2) is 0 Å². The van der Waals surface area contributed by atoms with Gasteiger partial charge in [-0.1, -0.05) is 29.3 Å². The van der Waals surface area contributed by atoms with Gasteiger partial charge >= 0.3 is 0 Å². The number of hydrogen-bond donors (Lipinski definition) is 1. The molecule has 0 unspecified atom stereocenters. The Labute approximate surface area is 156 Å². The second-order valence-corrected chi connectivity index (χ2v) is 6.77.